The molecule has 2 aromatic carbocycles. The number of carbonyl (C=O) groups excluding carboxylic acids is 1. The first-order chi connectivity index (χ1) is 13.9. The summed E-state index contributed by atoms with van der Waals surface area (Å²) in [6, 6.07) is 9.18. The van der Waals surface area contributed by atoms with Gasteiger partial charge in [0, 0.05) is 53.9 Å². The summed E-state index contributed by atoms with van der Waals surface area (Å²) in [6.07, 6.45) is 2.16. The molecule has 1 amide bonds. The number of rotatable bonds is 6. The molecular formula is C22H23Cl3N2O2. The van der Waals surface area contributed by atoms with Crippen LogP contribution in [0.15, 0.2) is 43.0 Å². The Kier molecular flexibility index (Phi) is 7.47. The van der Waals surface area contributed by atoms with Crippen LogP contribution in [-0.4, -0.2) is 55.5 Å². The highest BCUT2D eigenvalue weighted by atomic mass is 35.5. The van der Waals surface area contributed by atoms with E-state index in [1.165, 1.54) is 6.08 Å². The summed E-state index contributed by atoms with van der Waals surface area (Å²) in [6.45, 7) is 7.51. The summed E-state index contributed by atoms with van der Waals surface area (Å²) in [7, 11) is 1.64. The van der Waals surface area contributed by atoms with Crippen molar-refractivity contribution in [3.05, 3.63) is 63.6 Å². The lowest BCUT2D eigenvalue weighted by molar-refractivity contribution is -0.127. The van der Waals surface area contributed by atoms with E-state index in [-0.39, 0.29) is 5.91 Å². The molecule has 0 saturated carbocycles. The van der Waals surface area contributed by atoms with Gasteiger partial charge in [-0.05, 0) is 48.4 Å². The number of hydrogen-bond acceptors (Lipinski definition) is 3. The predicted octanol–water partition coefficient (Wildman–Crippen LogP) is 5.20. The SMILES string of the molecule is C=CC(=O)N1CCN(CCc2cc(-c3cc(Cl)ccc3Cl)c(Cl)cc2OC)CC1. The van der Waals surface area contributed by atoms with Crippen LogP contribution in [0.25, 0.3) is 11.1 Å². The number of carbonyl (C=O) groups is 1. The minimum atomic E-state index is -0.00735. The van der Waals surface area contributed by atoms with Gasteiger partial charge >= 0.3 is 0 Å². The summed E-state index contributed by atoms with van der Waals surface area (Å²) < 4.78 is 5.55. The van der Waals surface area contributed by atoms with Gasteiger partial charge in [0.15, 0.2) is 0 Å². The van der Waals surface area contributed by atoms with Crippen molar-refractivity contribution < 1.29 is 9.53 Å². The van der Waals surface area contributed by atoms with Crippen LogP contribution < -0.4 is 4.74 Å². The van der Waals surface area contributed by atoms with Crippen LogP contribution in [0.3, 0.4) is 0 Å². The second kappa shape index (κ2) is 9.86. The molecule has 4 nitrogen and oxygen atoms in total. The van der Waals surface area contributed by atoms with Crippen molar-refractivity contribution in [3.8, 4) is 16.9 Å². The summed E-state index contributed by atoms with van der Waals surface area (Å²) in [4.78, 5) is 15.9. The van der Waals surface area contributed by atoms with Gasteiger partial charge in [-0.2, -0.15) is 0 Å². The summed E-state index contributed by atoms with van der Waals surface area (Å²) >= 11 is 19.0. The van der Waals surface area contributed by atoms with Crippen molar-refractivity contribution in [2.45, 2.75) is 6.42 Å². The molecule has 3 rings (SSSR count). The summed E-state index contributed by atoms with van der Waals surface area (Å²) in [5, 5.41) is 1.76. The van der Waals surface area contributed by atoms with E-state index in [0.29, 0.717) is 28.2 Å². The highest BCUT2D eigenvalue weighted by Gasteiger charge is 2.20. The van der Waals surface area contributed by atoms with Crippen molar-refractivity contribution in [1.29, 1.82) is 0 Å². The zero-order chi connectivity index (χ0) is 21.0. The Labute approximate surface area is 186 Å². The van der Waals surface area contributed by atoms with E-state index in [9.17, 15) is 4.79 Å². The third-order valence-corrected chi connectivity index (χ3v) is 6.02. The molecule has 0 aromatic heterocycles. The molecule has 2 aromatic rings. The largest absolute Gasteiger partial charge is 0.496 e. The molecule has 0 spiro atoms. The molecule has 0 atom stereocenters. The molecular weight excluding hydrogens is 431 g/mol. The first kappa shape index (κ1) is 22.0. The lowest BCUT2D eigenvalue weighted by Crippen LogP contribution is -2.48. The first-order valence-corrected chi connectivity index (χ1v) is 10.5. The zero-order valence-electron chi connectivity index (χ0n) is 16.3. The quantitative estimate of drug-likeness (QED) is 0.564. The van der Waals surface area contributed by atoms with E-state index in [2.05, 4.69) is 11.5 Å². The normalized spacial score (nSPS) is 14.7. The number of nitrogens with zero attached hydrogens (tertiary/aromatic N) is 2. The van der Waals surface area contributed by atoms with Gasteiger partial charge in [-0.1, -0.05) is 41.4 Å². The number of amides is 1. The predicted molar refractivity (Wildman–Crippen MR) is 120 cm³/mol. The average Bonchev–Trinajstić information content (AvgIpc) is 2.74. The van der Waals surface area contributed by atoms with Gasteiger partial charge < -0.3 is 9.64 Å². The summed E-state index contributed by atoms with van der Waals surface area (Å²) in [5.41, 5.74) is 2.67. The van der Waals surface area contributed by atoms with Gasteiger partial charge in [-0.3, -0.25) is 9.69 Å². The van der Waals surface area contributed by atoms with Gasteiger partial charge in [0.2, 0.25) is 5.91 Å². The Morgan fingerprint density at radius 3 is 2.41 bits per heavy atom. The van der Waals surface area contributed by atoms with Crippen LogP contribution in [0.5, 0.6) is 5.75 Å². The third-order valence-electron chi connectivity index (χ3n) is 5.14. The second-order valence-corrected chi connectivity index (χ2v) is 8.14. The molecule has 1 fully saturated rings. The van der Waals surface area contributed by atoms with Crippen LogP contribution in [0.2, 0.25) is 15.1 Å². The molecule has 0 aliphatic carbocycles. The van der Waals surface area contributed by atoms with E-state index in [1.807, 2.05) is 23.1 Å². The van der Waals surface area contributed by atoms with Gasteiger partial charge in [0.25, 0.3) is 0 Å². The molecule has 1 saturated heterocycles. The lowest BCUT2D eigenvalue weighted by atomic mass is 10.00. The minimum Gasteiger partial charge on any atom is -0.496 e. The molecule has 0 N–H and O–H groups in total. The Morgan fingerprint density at radius 2 is 1.76 bits per heavy atom. The highest BCUT2D eigenvalue weighted by molar-refractivity contribution is 6.37. The van der Waals surface area contributed by atoms with Gasteiger partial charge in [-0.25, -0.2) is 0 Å². The van der Waals surface area contributed by atoms with E-state index < -0.39 is 0 Å². The monoisotopic (exact) mass is 452 g/mol. The lowest BCUT2D eigenvalue weighted by Gasteiger charge is -2.34. The fourth-order valence-corrected chi connectivity index (χ4v) is 4.14. The molecule has 29 heavy (non-hydrogen) atoms. The minimum absolute atomic E-state index is 0.00735. The Bertz CT molecular complexity index is 909. The average molecular weight is 454 g/mol. The highest BCUT2D eigenvalue weighted by Crippen LogP contribution is 2.38. The van der Waals surface area contributed by atoms with Crippen molar-refractivity contribution in [3.63, 3.8) is 0 Å². The number of benzene rings is 2. The van der Waals surface area contributed by atoms with Crippen LogP contribution in [0.4, 0.5) is 0 Å². The van der Waals surface area contributed by atoms with E-state index in [0.717, 1.165) is 48.5 Å². The fraction of sp³-hybridized carbons (Fsp3) is 0.318. The maximum Gasteiger partial charge on any atom is 0.246 e. The number of ether oxygens (including phenoxy) is 1. The molecule has 0 bridgehead atoms. The molecule has 1 aliphatic rings. The van der Waals surface area contributed by atoms with Crippen molar-refractivity contribution in [1.82, 2.24) is 9.80 Å². The maximum absolute atomic E-state index is 11.7. The van der Waals surface area contributed by atoms with Crippen molar-refractivity contribution in [2.75, 3.05) is 39.8 Å². The molecule has 154 valence electrons. The van der Waals surface area contributed by atoms with Crippen LogP contribution in [0, 0.1) is 0 Å². The van der Waals surface area contributed by atoms with Gasteiger partial charge in [-0.15, -0.1) is 0 Å². The third kappa shape index (κ3) is 5.26. The topological polar surface area (TPSA) is 32.8 Å². The summed E-state index contributed by atoms with van der Waals surface area (Å²) in [5.74, 6) is 0.740. The standard InChI is InChI=1S/C22H23Cl3N2O2/c1-3-22(28)27-10-8-26(9-11-27)7-6-15-12-17(20(25)14-21(15)29-2)18-13-16(23)4-5-19(18)24/h3-5,12-14H,1,6-11H2,2H3. The Hall–Kier alpha value is -1.72. The number of piperazine rings is 1. The van der Waals surface area contributed by atoms with Crippen molar-refractivity contribution in [2.24, 2.45) is 0 Å². The maximum atomic E-state index is 11.7. The number of hydrogen-bond donors (Lipinski definition) is 0. The number of methoxy groups -OCH3 is 1. The van der Waals surface area contributed by atoms with Crippen molar-refractivity contribution >= 4 is 40.7 Å². The van der Waals surface area contributed by atoms with Gasteiger partial charge in [0.1, 0.15) is 5.75 Å². The zero-order valence-corrected chi connectivity index (χ0v) is 18.5. The molecule has 1 heterocycles. The molecule has 0 radical (unpaired) electrons. The van der Waals surface area contributed by atoms with Gasteiger partial charge in [0.05, 0.1) is 12.1 Å². The van der Waals surface area contributed by atoms with Crippen LogP contribution >= 0.6 is 34.8 Å². The molecule has 1 aliphatic heterocycles. The Morgan fingerprint density at radius 1 is 1.07 bits per heavy atom. The van der Waals surface area contributed by atoms with E-state index in [4.69, 9.17) is 39.5 Å². The molecule has 7 heteroatoms. The van der Waals surface area contributed by atoms with Crippen LogP contribution in [-0.2, 0) is 11.2 Å². The van der Waals surface area contributed by atoms with E-state index >= 15 is 0 Å². The van der Waals surface area contributed by atoms with E-state index in [1.54, 1.807) is 19.2 Å². The number of halogens is 3. The fourth-order valence-electron chi connectivity index (χ4n) is 3.50. The smallest absolute Gasteiger partial charge is 0.246 e. The Balaban J connectivity index is 1.76. The second-order valence-electron chi connectivity index (χ2n) is 6.89. The molecule has 0 unspecified atom stereocenters. The first-order valence-electron chi connectivity index (χ1n) is 9.38. The van der Waals surface area contributed by atoms with Crippen LogP contribution in [0.1, 0.15) is 5.56 Å².